The Bertz CT molecular complexity index is 869. The van der Waals surface area contributed by atoms with Crippen LogP contribution < -0.4 is 0 Å². The molecular weight excluding hydrogens is 410 g/mol. The van der Waals surface area contributed by atoms with Gasteiger partial charge in [-0.25, -0.2) is 9.59 Å². The summed E-state index contributed by atoms with van der Waals surface area (Å²) >= 11 is 0. The molecule has 2 amide bonds. The summed E-state index contributed by atoms with van der Waals surface area (Å²) < 4.78 is 10.7. The zero-order valence-electron chi connectivity index (χ0n) is 19.9. The molecule has 3 heterocycles. The number of fused-ring (bicyclic) bond motifs is 1. The third kappa shape index (κ3) is 5.40. The predicted octanol–water partition coefficient (Wildman–Crippen LogP) is 3.61. The molecule has 0 aromatic carbocycles. The van der Waals surface area contributed by atoms with Crippen LogP contribution in [0.25, 0.3) is 0 Å². The number of aryl methyl sites for hydroxylation is 1. The average molecular weight is 446 g/mol. The molecule has 176 valence electrons. The number of carbonyl (C=O) groups excluding carboxylic acids is 3. The van der Waals surface area contributed by atoms with Gasteiger partial charge >= 0.3 is 12.1 Å². The lowest BCUT2D eigenvalue weighted by molar-refractivity contribution is 0.0144. The van der Waals surface area contributed by atoms with E-state index >= 15 is 0 Å². The second-order valence-corrected chi connectivity index (χ2v) is 9.39. The maximum absolute atomic E-state index is 13.3. The van der Waals surface area contributed by atoms with Gasteiger partial charge in [0.05, 0.1) is 29.1 Å². The van der Waals surface area contributed by atoms with Crippen LogP contribution in [0, 0.1) is 0 Å². The molecule has 0 N–H and O–H groups in total. The first-order chi connectivity index (χ1) is 15.1. The Morgan fingerprint density at radius 2 is 1.84 bits per heavy atom. The minimum absolute atomic E-state index is 0.0516. The highest BCUT2D eigenvalue weighted by atomic mass is 16.6. The summed E-state index contributed by atoms with van der Waals surface area (Å²) in [6, 6.07) is 1.73. The first-order valence-electron chi connectivity index (χ1n) is 11.6. The van der Waals surface area contributed by atoms with Crippen molar-refractivity contribution in [3.8, 4) is 0 Å². The van der Waals surface area contributed by atoms with Gasteiger partial charge in [-0.3, -0.25) is 9.78 Å². The highest BCUT2D eigenvalue weighted by molar-refractivity contribution is 6.00. The highest BCUT2D eigenvalue weighted by Crippen LogP contribution is 2.27. The third-order valence-corrected chi connectivity index (χ3v) is 5.80. The van der Waals surface area contributed by atoms with Crippen LogP contribution in [0.4, 0.5) is 4.79 Å². The third-order valence-electron chi connectivity index (χ3n) is 5.80. The maximum Gasteiger partial charge on any atom is 0.410 e. The van der Waals surface area contributed by atoms with E-state index in [4.69, 9.17) is 9.47 Å². The van der Waals surface area contributed by atoms with Crippen molar-refractivity contribution < 1.29 is 23.9 Å². The van der Waals surface area contributed by atoms with Gasteiger partial charge in [-0.05, 0) is 53.0 Å². The van der Waals surface area contributed by atoms with Crippen LogP contribution in [0.2, 0.25) is 0 Å². The quantitative estimate of drug-likeness (QED) is 0.644. The van der Waals surface area contributed by atoms with Gasteiger partial charge in [0, 0.05) is 32.1 Å². The summed E-state index contributed by atoms with van der Waals surface area (Å²) in [5.74, 6) is -0.523. The molecule has 2 aliphatic rings. The fourth-order valence-electron chi connectivity index (χ4n) is 4.30. The van der Waals surface area contributed by atoms with Crippen molar-refractivity contribution in [2.24, 2.45) is 0 Å². The Kier molecular flexibility index (Phi) is 7.41. The van der Waals surface area contributed by atoms with Crippen LogP contribution in [-0.2, 0) is 22.3 Å². The molecule has 0 spiro atoms. The van der Waals surface area contributed by atoms with E-state index in [9.17, 15) is 14.4 Å². The zero-order chi connectivity index (χ0) is 23.5. The second kappa shape index (κ2) is 9.88. The summed E-state index contributed by atoms with van der Waals surface area (Å²) in [5, 5.41) is 0. The number of rotatable bonds is 5. The Hall–Kier alpha value is -2.64. The summed E-state index contributed by atoms with van der Waals surface area (Å²) in [7, 11) is 0. The SMILES string of the molecule is CCCc1nc2c(cc1C(=O)OCC)C(=O)N(C1CCN(C(=O)OC(C)(C)C)CC1)CC2. The number of amides is 2. The van der Waals surface area contributed by atoms with Crippen LogP contribution in [-0.4, -0.2) is 70.6 Å². The van der Waals surface area contributed by atoms with Gasteiger partial charge in [0.25, 0.3) is 5.91 Å². The lowest BCUT2D eigenvalue weighted by atomic mass is 9.95. The molecule has 8 nitrogen and oxygen atoms in total. The molecule has 1 aromatic rings. The standard InChI is InChI=1S/C24H35N3O5/c1-6-8-19-18(22(29)31-7-2)15-17-20(25-19)11-14-27(21(17)28)16-9-12-26(13-10-16)23(30)32-24(3,4)5/h15-16H,6-14H2,1-5H3. The molecule has 1 fully saturated rings. The van der Waals surface area contributed by atoms with Gasteiger partial charge in [-0.1, -0.05) is 13.3 Å². The number of likely N-dealkylation sites (tertiary alicyclic amines) is 1. The molecule has 0 bridgehead atoms. The van der Waals surface area contributed by atoms with E-state index in [1.807, 2.05) is 32.6 Å². The van der Waals surface area contributed by atoms with Crippen molar-refractivity contribution >= 4 is 18.0 Å². The smallest absolute Gasteiger partial charge is 0.410 e. The highest BCUT2D eigenvalue weighted by Gasteiger charge is 2.35. The first-order valence-corrected chi connectivity index (χ1v) is 11.6. The largest absolute Gasteiger partial charge is 0.462 e. The fourth-order valence-corrected chi connectivity index (χ4v) is 4.30. The van der Waals surface area contributed by atoms with Crippen molar-refractivity contribution in [2.45, 2.75) is 78.4 Å². The number of esters is 1. The molecule has 0 aliphatic carbocycles. The molecule has 0 unspecified atom stereocenters. The molecule has 2 aliphatic heterocycles. The summed E-state index contributed by atoms with van der Waals surface area (Å²) in [6.45, 7) is 11.3. The average Bonchev–Trinajstić information content (AvgIpc) is 2.73. The minimum atomic E-state index is -0.527. The topological polar surface area (TPSA) is 89.0 Å². The first kappa shape index (κ1) is 24.0. The van der Waals surface area contributed by atoms with E-state index in [-0.39, 0.29) is 24.6 Å². The van der Waals surface area contributed by atoms with E-state index in [0.717, 1.165) is 12.1 Å². The van der Waals surface area contributed by atoms with Gasteiger partial charge in [-0.2, -0.15) is 0 Å². The van der Waals surface area contributed by atoms with Gasteiger partial charge in [-0.15, -0.1) is 0 Å². The summed E-state index contributed by atoms with van der Waals surface area (Å²) in [6.07, 6.45) is 3.28. The molecule has 32 heavy (non-hydrogen) atoms. The van der Waals surface area contributed by atoms with Gasteiger partial charge in [0.2, 0.25) is 0 Å². The normalized spacial score (nSPS) is 17.2. The Morgan fingerprint density at radius 1 is 1.16 bits per heavy atom. The number of hydrogen-bond donors (Lipinski definition) is 0. The van der Waals surface area contributed by atoms with Gasteiger partial charge in [0.1, 0.15) is 5.60 Å². The molecule has 0 atom stereocenters. The number of ether oxygens (including phenoxy) is 2. The fraction of sp³-hybridized carbons (Fsp3) is 0.667. The Labute approximate surface area is 190 Å². The number of piperidine rings is 1. The Balaban J connectivity index is 1.73. The zero-order valence-corrected chi connectivity index (χ0v) is 19.9. The monoisotopic (exact) mass is 445 g/mol. The van der Waals surface area contributed by atoms with E-state index in [1.165, 1.54) is 0 Å². The lowest BCUT2D eigenvalue weighted by Crippen LogP contribution is -2.51. The number of nitrogens with zero attached hydrogens (tertiary/aromatic N) is 3. The van der Waals surface area contributed by atoms with Crippen LogP contribution >= 0.6 is 0 Å². The van der Waals surface area contributed by atoms with Gasteiger partial charge in [0.15, 0.2) is 0 Å². The predicted molar refractivity (Wildman–Crippen MR) is 120 cm³/mol. The summed E-state index contributed by atoms with van der Waals surface area (Å²) in [5.41, 5.74) is 1.82. The van der Waals surface area contributed by atoms with Crippen LogP contribution in [0.1, 0.15) is 86.0 Å². The van der Waals surface area contributed by atoms with E-state index in [1.54, 1.807) is 17.9 Å². The second-order valence-electron chi connectivity index (χ2n) is 9.39. The van der Waals surface area contributed by atoms with Crippen molar-refractivity contribution in [3.63, 3.8) is 0 Å². The number of aromatic nitrogens is 1. The lowest BCUT2D eigenvalue weighted by Gasteiger charge is -2.40. The van der Waals surface area contributed by atoms with Crippen molar-refractivity contribution in [1.82, 2.24) is 14.8 Å². The Morgan fingerprint density at radius 3 is 2.44 bits per heavy atom. The number of hydrogen-bond acceptors (Lipinski definition) is 6. The molecule has 8 heteroatoms. The van der Waals surface area contributed by atoms with E-state index in [2.05, 4.69) is 4.98 Å². The molecule has 3 rings (SSSR count). The maximum atomic E-state index is 13.3. The number of pyridine rings is 1. The molecule has 1 saturated heterocycles. The van der Waals surface area contributed by atoms with E-state index < -0.39 is 11.6 Å². The summed E-state index contributed by atoms with van der Waals surface area (Å²) in [4.78, 5) is 46.4. The number of carbonyl (C=O) groups is 3. The van der Waals surface area contributed by atoms with Crippen LogP contribution in [0.5, 0.6) is 0 Å². The minimum Gasteiger partial charge on any atom is -0.462 e. The van der Waals surface area contributed by atoms with Crippen molar-refractivity contribution in [2.75, 3.05) is 26.2 Å². The molecule has 0 saturated carbocycles. The van der Waals surface area contributed by atoms with Crippen LogP contribution in [0.15, 0.2) is 6.07 Å². The molecule has 0 radical (unpaired) electrons. The molecule has 1 aromatic heterocycles. The van der Waals surface area contributed by atoms with Gasteiger partial charge < -0.3 is 19.3 Å². The van der Waals surface area contributed by atoms with Crippen molar-refractivity contribution in [3.05, 3.63) is 28.6 Å². The molecular formula is C24H35N3O5. The van der Waals surface area contributed by atoms with E-state index in [0.29, 0.717) is 62.1 Å². The van der Waals surface area contributed by atoms with Crippen LogP contribution in [0.3, 0.4) is 0 Å². The van der Waals surface area contributed by atoms with Crippen molar-refractivity contribution in [1.29, 1.82) is 0 Å².